The van der Waals surface area contributed by atoms with Crippen molar-refractivity contribution in [3.8, 4) is 10.6 Å². The van der Waals surface area contributed by atoms with E-state index in [1.807, 2.05) is 30.3 Å². The third-order valence-corrected chi connectivity index (χ3v) is 6.44. The van der Waals surface area contributed by atoms with E-state index in [0.29, 0.717) is 27.9 Å². The van der Waals surface area contributed by atoms with Crippen LogP contribution in [0.1, 0.15) is 27.2 Å². The summed E-state index contributed by atoms with van der Waals surface area (Å²) in [6.45, 7) is 3.62. The molecule has 8 heteroatoms. The lowest BCUT2D eigenvalue weighted by molar-refractivity contribution is 0.0996. The summed E-state index contributed by atoms with van der Waals surface area (Å²) < 4.78 is 7.09. The Labute approximate surface area is 192 Å². The molecule has 3 heterocycles. The van der Waals surface area contributed by atoms with Gasteiger partial charge in [-0.05, 0) is 61.9 Å². The first-order valence-electron chi connectivity index (χ1n) is 10.3. The van der Waals surface area contributed by atoms with Gasteiger partial charge in [-0.2, -0.15) is 0 Å². The van der Waals surface area contributed by atoms with Gasteiger partial charge in [-0.1, -0.05) is 6.07 Å². The van der Waals surface area contributed by atoms with E-state index in [0.717, 1.165) is 20.8 Å². The monoisotopic (exact) mass is 456 g/mol. The number of rotatable bonds is 4. The molecule has 5 aromatic rings. The van der Waals surface area contributed by atoms with Gasteiger partial charge in [0.2, 0.25) is 5.55 Å². The zero-order chi connectivity index (χ0) is 23.1. The molecule has 3 aromatic heterocycles. The summed E-state index contributed by atoms with van der Waals surface area (Å²) >= 11 is 1.64. The average molecular weight is 457 g/mol. The summed E-state index contributed by atoms with van der Waals surface area (Å²) in [5.74, 6) is -0.667. The molecule has 0 saturated heterocycles. The van der Waals surface area contributed by atoms with E-state index in [2.05, 4.69) is 29.0 Å². The molecular formula is C25H20N4O3S. The number of aromatic nitrogens is 2. The smallest absolute Gasteiger partial charge is 0.254 e. The van der Waals surface area contributed by atoms with Gasteiger partial charge >= 0.3 is 0 Å². The summed E-state index contributed by atoms with van der Waals surface area (Å²) in [6.07, 6.45) is 1.55. The van der Waals surface area contributed by atoms with Gasteiger partial charge in [0.05, 0.1) is 28.2 Å². The molecule has 0 aliphatic carbocycles. The molecule has 0 spiro atoms. The fourth-order valence-corrected chi connectivity index (χ4v) is 4.69. The summed E-state index contributed by atoms with van der Waals surface area (Å²) in [7, 11) is 0. The standard InChI is InChI=1S/C25H20N4O3S/c1-13-3-8-20-21(9-13)33-25(29-20)15-4-6-17(7-5-15)28-24-19(23(26)31)10-18-16(12-30)11-27-14(2)22(18)32-24/h3-11,30H,12H2,1-2H3,(H2,26,31). The molecule has 0 fully saturated rings. The molecule has 5 rings (SSSR count). The van der Waals surface area contributed by atoms with E-state index < -0.39 is 5.91 Å². The van der Waals surface area contributed by atoms with Gasteiger partial charge in [-0.15, -0.1) is 11.3 Å². The third kappa shape index (κ3) is 3.90. The van der Waals surface area contributed by atoms with Crippen molar-refractivity contribution >= 4 is 44.1 Å². The average Bonchev–Trinajstić information content (AvgIpc) is 3.23. The first-order valence-corrected chi connectivity index (χ1v) is 11.1. The van der Waals surface area contributed by atoms with E-state index in [4.69, 9.17) is 15.1 Å². The number of primary amides is 1. The van der Waals surface area contributed by atoms with Crippen LogP contribution in [-0.2, 0) is 6.61 Å². The number of carbonyl (C=O) groups excluding carboxylic acids is 1. The highest BCUT2D eigenvalue weighted by Crippen LogP contribution is 2.31. The third-order valence-electron chi connectivity index (χ3n) is 5.38. The zero-order valence-corrected chi connectivity index (χ0v) is 18.8. The van der Waals surface area contributed by atoms with E-state index in [-0.39, 0.29) is 17.7 Å². The van der Waals surface area contributed by atoms with Crippen molar-refractivity contribution in [2.75, 3.05) is 0 Å². The Morgan fingerprint density at radius 1 is 1.15 bits per heavy atom. The van der Waals surface area contributed by atoms with Crippen molar-refractivity contribution in [3.63, 3.8) is 0 Å². The minimum absolute atomic E-state index is 0.0956. The molecule has 1 amide bonds. The fraction of sp³-hybridized carbons (Fsp3) is 0.120. The predicted molar refractivity (Wildman–Crippen MR) is 128 cm³/mol. The molecule has 2 aromatic carbocycles. The summed E-state index contributed by atoms with van der Waals surface area (Å²) in [4.78, 5) is 25.6. The predicted octanol–water partition coefficient (Wildman–Crippen LogP) is 4.54. The number of hydrogen-bond donors (Lipinski definition) is 2. The number of hydrogen-bond acceptors (Lipinski definition) is 7. The number of thiazole rings is 1. The minimum Gasteiger partial charge on any atom is -0.436 e. The summed E-state index contributed by atoms with van der Waals surface area (Å²) in [5.41, 5.74) is 11.2. The van der Waals surface area contributed by atoms with Crippen molar-refractivity contribution in [2.45, 2.75) is 20.5 Å². The lowest BCUT2D eigenvalue weighted by atomic mass is 10.1. The highest BCUT2D eigenvalue weighted by molar-refractivity contribution is 7.21. The molecule has 3 N–H and O–H groups in total. The van der Waals surface area contributed by atoms with Gasteiger partial charge in [0, 0.05) is 22.7 Å². The van der Waals surface area contributed by atoms with Gasteiger partial charge in [-0.3, -0.25) is 9.78 Å². The fourth-order valence-electron chi connectivity index (χ4n) is 3.63. The van der Waals surface area contributed by atoms with Crippen LogP contribution in [0.25, 0.3) is 31.8 Å². The summed E-state index contributed by atoms with van der Waals surface area (Å²) in [6, 6.07) is 15.4. The lowest BCUT2D eigenvalue weighted by Gasteiger charge is -2.07. The number of nitrogens with two attached hydrogens (primary N) is 1. The Hall–Kier alpha value is -3.88. The molecule has 0 radical (unpaired) electrons. The molecule has 0 unspecified atom stereocenters. The molecular weight excluding hydrogens is 436 g/mol. The van der Waals surface area contributed by atoms with Crippen molar-refractivity contribution in [2.24, 2.45) is 10.7 Å². The van der Waals surface area contributed by atoms with Crippen molar-refractivity contribution < 1.29 is 14.3 Å². The molecule has 0 aliphatic heterocycles. The van der Waals surface area contributed by atoms with Crippen LogP contribution in [0.3, 0.4) is 0 Å². The van der Waals surface area contributed by atoms with Gasteiger partial charge in [0.25, 0.3) is 5.91 Å². The van der Waals surface area contributed by atoms with Crippen LogP contribution in [-0.4, -0.2) is 21.0 Å². The molecule has 0 bridgehead atoms. The lowest BCUT2D eigenvalue weighted by Crippen LogP contribution is -2.22. The Balaban J connectivity index is 1.59. The van der Waals surface area contributed by atoms with E-state index in [1.165, 1.54) is 5.56 Å². The van der Waals surface area contributed by atoms with Crippen LogP contribution in [0.2, 0.25) is 0 Å². The second-order valence-electron chi connectivity index (χ2n) is 7.75. The molecule has 33 heavy (non-hydrogen) atoms. The number of amides is 1. The molecule has 0 aliphatic rings. The van der Waals surface area contributed by atoms with Crippen molar-refractivity contribution in [1.29, 1.82) is 0 Å². The molecule has 0 saturated carbocycles. The minimum atomic E-state index is -0.667. The van der Waals surface area contributed by atoms with Crippen LogP contribution < -0.4 is 11.3 Å². The first-order chi connectivity index (χ1) is 15.9. The molecule has 0 atom stereocenters. The number of fused-ring (bicyclic) bond motifs is 2. The Morgan fingerprint density at radius 2 is 1.94 bits per heavy atom. The number of aliphatic hydroxyl groups excluding tert-OH is 1. The SMILES string of the molecule is Cc1ccc2nc(-c3ccc(N=c4oc5c(C)ncc(CO)c5cc4C(N)=O)cc3)sc2c1. The number of aliphatic hydroxyl groups is 1. The van der Waals surface area contributed by atoms with Crippen LogP contribution in [0.5, 0.6) is 0 Å². The van der Waals surface area contributed by atoms with E-state index in [9.17, 15) is 9.90 Å². The maximum absolute atomic E-state index is 12.1. The Bertz CT molecular complexity index is 1600. The zero-order valence-electron chi connectivity index (χ0n) is 18.0. The highest BCUT2D eigenvalue weighted by Gasteiger charge is 2.14. The number of pyridine rings is 1. The topological polar surface area (TPSA) is 115 Å². The number of aryl methyl sites for hydroxylation is 2. The first kappa shape index (κ1) is 21.0. The van der Waals surface area contributed by atoms with E-state index in [1.54, 1.807) is 30.5 Å². The van der Waals surface area contributed by atoms with Gasteiger partial charge in [0.1, 0.15) is 10.6 Å². The highest BCUT2D eigenvalue weighted by atomic mass is 32.1. The quantitative estimate of drug-likeness (QED) is 0.412. The van der Waals surface area contributed by atoms with Crippen molar-refractivity contribution in [1.82, 2.24) is 9.97 Å². The normalized spacial score (nSPS) is 12.0. The summed E-state index contributed by atoms with van der Waals surface area (Å²) in [5, 5.41) is 11.1. The molecule has 164 valence electrons. The van der Waals surface area contributed by atoms with Crippen LogP contribution in [0.15, 0.2) is 64.1 Å². The second kappa shape index (κ2) is 8.23. The van der Waals surface area contributed by atoms with E-state index >= 15 is 0 Å². The maximum Gasteiger partial charge on any atom is 0.254 e. The van der Waals surface area contributed by atoms with Crippen LogP contribution >= 0.6 is 11.3 Å². The van der Waals surface area contributed by atoms with Gasteiger partial charge in [-0.25, -0.2) is 9.98 Å². The van der Waals surface area contributed by atoms with Crippen LogP contribution in [0, 0.1) is 13.8 Å². The largest absolute Gasteiger partial charge is 0.436 e. The Kier molecular flexibility index (Phi) is 5.24. The number of carbonyl (C=O) groups is 1. The van der Waals surface area contributed by atoms with Crippen LogP contribution in [0.4, 0.5) is 5.69 Å². The number of benzene rings is 2. The van der Waals surface area contributed by atoms with Crippen molar-refractivity contribution in [3.05, 3.63) is 82.7 Å². The maximum atomic E-state index is 12.1. The number of nitrogens with zero attached hydrogens (tertiary/aromatic N) is 3. The van der Waals surface area contributed by atoms with Gasteiger partial charge in [0.15, 0.2) is 5.58 Å². The Morgan fingerprint density at radius 3 is 2.67 bits per heavy atom. The van der Waals surface area contributed by atoms with Gasteiger partial charge < -0.3 is 15.3 Å². The molecule has 7 nitrogen and oxygen atoms in total. The second-order valence-corrected chi connectivity index (χ2v) is 8.78.